The summed E-state index contributed by atoms with van der Waals surface area (Å²) in [6, 6.07) is 0. The average Bonchev–Trinajstić information content (AvgIpc) is 2.60. The van der Waals surface area contributed by atoms with E-state index in [4.69, 9.17) is 34.2 Å². The normalized spacial score (nSPS) is 12.6. The minimum atomic E-state index is -1.10. The summed E-state index contributed by atoms with van der Waals surface area (Å²) in [7, 11) is 0. The molecule has 1 unspecified atom stereocenters. The molecule has 0 aromatic carbocycles. The third-order valence-corrected chi connectivity index (χ3v) is 2.76. The Hall–Kier alpha value is -0.350. The first-order chi connectivity index (χ1) is 11.8. The van der Waals surface area contributed by atoms with Crippen LogP contribution in [0.2, 0.25) is 0 Å². The first-order valence-corrected chi connectivity index (χ1v) is 8.61. The first kappa shape index (κ1) is 23.6. The van der Waals surface area contributed by atoms with Crippen LogP contribution in [0.3, 0.4) is 0 Å². The molecule has 8 heteroatoms. The molecule has 0 bridgehead atoms. The van der Waals surface area contributed by atoms with E-state index in [1.807, 2.05) is 0 Å². The minimum Gasteiger partial charge on any atom is -0.379 e. The van der Waals surface area contributed by atoms with Gasteiger partial charge < -0.3 is 34.2 Å². The molecule has 0 spiro atoms. The van der Waals surface area contributed by atoms with Crippen LogP contribution in [0.1, 0.15) is 13.3 Å². The molecule has 1 atom stereocenters. The Bertz CT molecular complexity index is 239. The summed E-state index contributed by atoms with van der Waals surface area (Å²) < 4.78 is 44.3. The average molecular weight is 355 g/mol. The van der Waals surface area contributed by atoms with Gasteiger partial charge in [-0.15, -0.1) is 0 Å². The molecule has 146 valence electrons. The second-order valence-corrected chi connectivity index (χ2v) is 4.97. The first-order valence-electron chi connectivity index (χ1n) is 8.61. The maximum atomic E-state index is 12.7. The predicted octanol–water partition coefficient (Wildman–Crippen LogP) is 0.793. The van der Waals surface area contributed by atoms with Gasteiger partial charge in [0.2, 0.25) is 0 Å². The Balaban J connectivity index is 2.98. The van der Waals surface area contributed by atoms with E-state index in [0.29, 0.717) is 66.1 Å². The van der Waals surface area contributed by atoms with Gasteiger partial charge in [0.25, 0.3) is 0 Å². The van der Waals surface area contributed by atoms with Gasteiger partial charge >= 0.3 is 0 Å². The lowest BCUT2D eigenvalue weighted by molar-refractivity contribution is -0.0190. The fraction of sp³-hybridized carbons (Fsp3) is 1.00. The van der Waals surface area contributed by atoms with Crippen molar-refractivity contribution in [3.63, 3.8) is 0 Å². The van der Waals surface area contributed by atoms with Crippen molar-refractivity contribution in [2.24, 2.45) is 5.73 Å². The van der Waals surface area contributed by atoms with Crippen LogP contribution in [0.15, 0.2) is 0 Å². The molecular formula is C16H34FNO6. The molecule has 24 heavy (non-hydrogen) atoms. The maximum Gasteiger partial charge on any atom is 0.135 e. The molecule has 2 N–H and O–H groups in total. The molecular weight excluding hydrogens is 321 g/mol. The topological polar surface area (TPSA) is 81.4 Å². The molecule has 0 heterocycles. The van der Waals surface area contributed by atoms with Crippen molar-refractivity contribution >= 4 is 0 Å². The minimum absolute atomic E-state index is 0.0170. The summed E-state index contributed by atoms with van der Waals surface area (Å²) in [6.45, 7) is 7.94. The lowest BCUT2D eigenvalue weighted by Gasteiger charge is -2.08. The van der Waals surface area contributed by atoms with Crippen molar-refractivity contribution in [1.82, 2.24) is 0 Å². The van der Waals surface area contributed by atoms with Crippen LogP contribution in [0, 0.1) is 0 Å². The number of halogens is 1. The zero-order chi connectivity index (χ0) is 17.7. The van der Waals surface area contributed by atoms with E-state index < -0.39 is 6.17 Å². The van der Waals surface area contributed by atoms with Crippen molar-refractivity contribution in [3.05, 3.63) is 0 Å². The predicted molar refractivity (Wildman–Crippen MR) is 89.2 cm³/mol. The molecule has 0 radical (unpaired) electrons. The van der Waals surface area contributed by atoms with Crippen molar-refractivity contribution < 1.29 is 32.8 Å². The van der Waals surface area contributed by atoms with Gasteiger partial charge in [-0.3, -0.25) is 0 Å². The van der Waals surface area contributed by atoms with Crippen LogP contribution in [-0.4, -0.2) is 92.0 Å². The maximum absolute atomic E-state index is 12.7. The third kappa shape index (κ3) is 19.7. The lowest BCUT2D eigenvalue weighted by atomic mass is 10.4. The van der Waals surface area contributed by atoms with Gasteiger partial charge in [-0.1, -0.05) is 6.92 Å². The quantitative estimate of drug-likeness (QED) is 0.323. The second kappa shape index (κ2) is 20.7. The Kier molecular flexibility index (Phi) is 20.4. The summed E-state index contributed by atoms with van der Waals surface area (Å²) in [5.41, 5.74) is 5.12. The van der Waals surface area contributed by atoms with Crippen LogP contribution in [-0.2, 0) is 28.4 Å². The smallest absolute Gasteiger partial charge is 0.135 e. The van der Waals surface area contributed by atoms with Gasteiger partial charge in [0, 0.05) is 13.2 Å². The molecule has 0 saturated heterocycles. The highest BCUT2D eigenvalue weighted by Crippen LogP contribution is 1.89. The molecule has 0 aliphatic carbocycles. The van der Waals surface area contributed by atoms with Gasteiger partial charge in [0.15, 0.2) is 0 Å². The third-order valence-electron chi connectivity index (χ3n) is 2.76. The number of rotatable bonds is 20. The van der Waals surface area contributed by atoms with E-state index in [9.17, 15) is 4.39 Å². The summed E-state index contributed by atoms with van der Waals surface area (Å²) >= 11 is 0. The van der Waals surface area contributed by atoms with E-state index in [0.717, 1.165) is 13.0 Å². The van der Waals surface area contributed by atoms with E-state index in [1.165, 1.54) is 0 Å². The summed E-state index contributed by atoms with van der Waals surface area (Å²) in [6.07, 6.45) is -0.0795. The zero-order valence-corrected chi connectivity index (χ0v) is 14.9. The largest absolute Gasteiger partial charge is 0.379 e. The number of ether oxygens (including phenoxy) is 6. The van der Waals surface area contributed by atoms with Gasteiger partial charge in [0.05, 0.1) is 72.7 Å². The Morgan fingerprint density at radius 1 is 0.625 bits per heavy atom. The van der Waals surface area contributed by atoms with Gasteiger partial charge in [-0.05, 0) is 6.42 Å². The van der Waals surface area contributed by atoms with E-state index in [-0.39, 0.29) is 13.2 Å². The Morgan fingerprint density at radius 2 is 0.958 bits per heavy atom. The summed E-state index contributed by atoms with van der Waals surface area (Å²) in [5.74, 6) is 0. The molecule has 0 saturated carbocycles. The SMILES string of the molecule is CCCOCCOCCOCCOCCOCCOCC(F)CN. The monoisotopic (exact) mass is 355 g/mol. The molecule has 0 amide bonds. The number of hydrogen-bond acceptors (Lipinski definition) is 7. The second-order valence-electron chi connectivity index (χ2n) is 4.97. The molecule has 7 nitrogen and oxygen atoms in total. The van der Waals surface area contributed by atoms with Gasteiger partial charge in [-0.2, -0.15) is 0 Å². The number of nitrogens with two attached hydrogens (primary N) is 1. The number of hydrogen-bond donors (Lipinski definition) is 1. The van der Waals surface area contributed by atoms with Crippen LogP contribution in [0.5, 0.6) is 0 Å². The highest BCUT2D eigenvalue weighted by atomic mass is 19.1. The molecule has 0 fully saturated rings. The highest BCUT2D eigenvalue weighted by Gasteiger charge is 2.02. The van der Waals surface area contributed by atoms with Crippen molar-refractivity contribution in [2.75, 3.05) is 85.8 Å². The molecule has 0 aliphatic heterocycles. The van der Waals surface area contributed by atoms with Crippen molar-refractivity contribution in [1.29, 1.82) is 0 Å². The van der Waals surface area contributed by atoms with Gasteiger partial charge in [0.1, 0.15) is 6.17 Å². The zero-order valence-electron chi connectivity index (χ0n) is 14.9. The standard InChI is InChI=1S/C16H34FNO6/c1-2-3-19-4-5-20-6-7-21-8-9-22-10-11-23-12-13-24-15-16(17)14-18/h16H,2-15,18H2,1H3. The summed E-state index contributed by atoms with van der Waals surface area (Å²) in [4.78, 5) is 0. The fourth-order valence-electron chi connectivity index (χ4n) is 1.52. The molecule has 0 aliphatic rings. The molecule has 0 rings (SSSR count). The molecule has 0 aromatic rings. The fourth-order valence-corrected chi connectivity index (χ4v) is 1.52. The Labute approximate surface area is 144 Å². The van der Waals surface area contributed by atoms with Crippen LogP contribution in [0.4, 0.5) is 4.39 Å². The van der Waals surface area contributed by atoms with Gasteiger partial charge in [-0.25, -0.2) is 4.39 Å². The van der Waals surface area contributed by atoms with Crippen LogP contribution >= 0.6 is 0 Å². The summed E-state index contributed by atoms with van der Waals surface area (Å²) in [5, 5.41) is 0. The van der Waals surface area contributed by atoms with E-state index in [1.54, 1.807) is 0 Å². The van der Waals surface area contributed by atoms with E-state index >= 15 is 0 Å². The van der Waals surface area contributed by atoms with Crippen LogP contribution < -0.4 is 5.73 Å². The Morgan fingerprint density at radius 3 is 1.29 bits per heavy atom. The highest BCUT2D eigenvalue weighted by molar-refractivity contribution is 4.52. The number of alkyl halides is 1. The van der Waals surface area contributed by atoms with E-state index in [2.05, 4.69) is 6.92 Å². The van der Waals surface area contributed by atoms with Crippen molar-refractivity contribution in [3.8, 4) is 0 Å². The lowest BCUT2D eigenvalue weighted by Crippen LogP contribution is -2.22. The van der Waals surface area contributed by atoms with Crippen molar-refractivity contribution in [2.45, 2.75) is 19.5 Å². The molecule has 0 aromatic heterocycles. The van der Waals surface area contributed by atoms with Crippen LogP contribution in [0.25, 0.3) is 0 Å².